The number of hydrogen-bond acceptors (Lipinski definition) is 3. The summed E-state index contributed by atoms with van der Waals surface area (Å²) in [5.41, 5.74) is 5.88. The van der Waals surface area contributed by atoms with Crippen molar-refractivity contribution in [1.82, 2.24) is 14.9 Å². The summed E-state index contributed by atoms with van der Waals surface area (Å²) in [6.07, 6.45) is 13.2. The number of fused-ring (bicyclic) bond motifs is 1. The monoisotopic (exact) mass is 608 g/mol. The summed E-state index contributed by atoms with van der Waals surface area (Å²) in [6.45, 7) is 5.74. The Morgan fingerprint density at radius 1 is 0.911 bits per heavy atom. The number of carbonyl (C=O) groups is 2. The molecule has 1 aliphatic carbocycles. The van der Waals surface area contributed by atoms with E-state index in [1.165, 1.54) is 25.7 Å². The lowest BCUT2D eigenvalue weighted by Gasteiger charge is -2.28. The molecule has 2 amide bonds. The number of carboxylic acid groups (broad SMARTS) is 1. The number of amides is 2. The van der Waals surface area contributed by atoms with Crippen LogP contribution in [0.2, 0.25) is 0 Å². The number of anilines is 1. The molecule has 0 bridgehead atoms. The molecule has 1 aromatic heterocycles. The minimum Gasteiger partial charge on any atom is -0.478 e. The first kappa shape index (κ1) is 32.3. The number of aryl methyl sites for hydroxylation is 1. The van der Waals surface area contributed by atoms with Crippen molar-refractivity contribution in [2.45, 2.75) is 103 Å². The van der Waals surface area contributed by atoms with Gasteiger partial charge >= 0.3 is 12.0 Å². The van der Waals surface area contributed by atoms with E-state index in [9.17, 15) is 14.7 Å². The third kappa shape index (κ3) is 8.13. The quantitative estimate of drug-likeness (QED) is 0.140. The molecule has 0 radical (unpaired) electrons. The van der Waals surface area contributed by atoms with Gasteiger partial charge in [-0.3, -0.25) is 4.90 Å². The van der Waals surface area contributed by atoms with Gasteiger partial charge in [0.05, 0.1) is 16.6 Å². The van der Waals surface area contributed by atoms with E-state index in [4.69, 9.17) is 4.98 Å². The Morgan fingerprint density at radius 3 is 2.40 bits per heavy atom. The number of unbranched alkanes of at least 4 members (excludes halogenated alkanes) is 4. The maximum Gasteiger partial charge on any atom is 0.336 e. The molecule has 5 rings (SSSR count). The summed E-state index contributed by atoms with van der Waals surface area (Å²) >= 11 is 0. The molecule has 0 aliphatic heterocycles. The van der Waals surface area contributed by atoms with Crippen LogP contribution in [0.4, 0.5) is 10.5 Å². The Hall–Kier alpha value is -4.13. The number of hydrogen-bond donors (Lipinski definition) is 2. The number of carboxylic acids is 1. The highest BCUT2D eigenvalue weighted by Gasteiger charge is 2.22. The standard InChI is InChI=1S/C38H48N4O3/c1-3-5-7-13-25-41(38(45)39-30-14-9-8-10-15-30)31-23-24-34-35(26-31)42(36(40-34)18-6-4-2)27-28-19-21-29(22-20-28)32-16-11-12-17-33(32)37(43)44/h11-12,16-17,19-24,26,30H,3-10,13-15,18,25,27H2,1-2H3,(H,39,45)(H,43,44). The average Bonchev–Trinajstić information content (AvgIpc) is 3.40. The van der Waals surface area contributed by atoms with Crippen LogP contribution in [0.5, 0.6) is 0 Å². The molecular weight excluding hydrogens is 560 g/mol. The first-order chi connectivity index (χ1) is 22.0. The van der Waals surface area contributed by atoms with E-state index >= 15 is 0 Å². The first-order valence-electron chi connectivity index (χ1n) is 17.0. The van der Waals surface area contributed by atoms with E-state index < -0.39 is 5.97 Å². The lowest BCUT2D eigenvalue weighted by Crippen LogP contribution is -2.46. The van der Waals surface area contributed by atoms with Gasteiger partial charge in [0.2, 0.25) is 0 Å². The van der Waals surface area contributed by atoms with Crippen molar-refractivity contribution in [1.29, 1.82) is 0 Å². The fourth-order valence-electron chi connectivity index (χ4n) is 6.47. The fourth-order valence-corrected chi connectivity index (χ4v) is 6.47. The minimum atomic E-state index is -0.928. The zero-order valence-corrected chi connectivity index (χ0v) is 26.9. The average molecular weight is 609 g/mol. The second-order valence-electron chi connectivity index (χ2n) is 12.4. The summed E-state index contributed by atoms with van der Waals surface area (Å²) in [6, 6.07) is 21.8. The van der Waals surface area contributed by atoms with Crippen molar-refractivity contribution in [3.63, 3.8) is 0 Å². The van der Waals surface area contributed by atoms with Gasteiger partial charge in [0.25, 0.3) is 0 Å². The van der Waals surface area contributed by atoms with Crippen molar-refractivity contribution in [2.24, 2.45) is 0 Å². The van der Waals surface area contributed by atoms with Gasteiger partial charge in [0.1, 0.15) is 5.82 Å². The van der Waals surface area contributed by atoms with E-state index in [1.54, 1.807) is 12.1 Å². The molecule has 4 aromatic rings. The number of imidazole rings is 1. The zero-order valence-electron chi connectivity index (χ0n) is 26.9. The summed E-state index contributed by atoms with van der Waals surface area (Å²) in [5, 5.41) is 13.0. The third-order valence-electron chi connectivity index (χ3n) is 9.05. The topological polar surface area (TPSA) is 87.5 Å². The van der Waals surface area contributed by atoms with E-state index in [0.717, 1.165) is 85.0 Å². The van der Waals surface area contributed by atoms with Crippen LogP contribution in [0.1, 0.15) is 106 Å². The second kappa shape index (κ2) is 15.7. The zero-order chi connectivity index (χ0) is 31.6. The highest BCUT2D eigenvalue weighted by atomic mass is 16.4. The number of nitrogens with zero attached hydrogens (tertiary/aromatic N) is 3. The molecule has 3 aromatic carbocycles. The highest BCUT2D eigenvalue weighted by Crippen LogP contribution is 2.28. The van der Waals surface area contributed by atoms with Crippen LogP contribution in [-0.2, 0) is 13.0 Å². The smallest absolute Gasteiger partial charge is 0.336 e. The number of aromatic carboxylic acids is 1. The molecular formula is C38H48N4O3. The molecule has 0 unspecified atom stereocenters. The lowest BCUT2D eigenvalue weighted by atomic mass is 9.96. The van der Waals surface area contributed by atoms with Gasteiger partial charge in [0, 0.05) is 31.2 Å². The number of urea groups is 1. The minimum absolute atomic E-state index is 0.00671. The van der Waals surface area contributed by atoms with Crippen LogP contribution in [0.15, 0.2) is 66.7 Å². The molecule has 0 saturated heterocycles. The van der Waals surface area contributed by atoms with E-state index in [1.807, 2.05) is 29.2 Å². The summed E-state index contributed by atoms with van der Waals surface area (Å²) in [4.78, 5) is 32.5. The number of rotatable bonds is 14. The van der Waals surface area contributed by atoms with Crippen molar-refractivity contribution in [3.05, 3.63) is 83.7 Å². The largest absolute Gasteiger partial charge is 0.478 e. The predicted molar refractivity (Wildman–Crippen MR) is 183 cm³/mol. The molecule has 7 heteroatoms. The lowest BCUT2D eigenvalue weighted by molar-refractivity contribution is 0.0697. The second-order valence-corrected chi connectivity index (χ2v) is 12.4. The summed E-state index contributed by atoms with van der Waals surface area (Å²) in [7, 11) is 0. The van der Waals surface area contributed by atoms with Gasteiger partial charge in [-0.1, -0.05) is 101 Å². The molecule has 1 fully saturated rings. The van der Waals surface area contributed by atoms with E-state index in [2.05, 4.69) is 54.1 Å². The molecule has 0 atom stereocenters. The predicted octanol–water partition coefficient (Wildman–Crippen LogP) is 9.22. The van der Waals surface area contributed by atoms with Gasteiger partial charge in [-0.2, -0.15) is 0 Å². The number of carbonyl (C=O) groups excluding carboxylic acids is 1. The molecule has 2 N–H and O–H groups in total. The van der Waals surface area contributed by atoms with Crippen molar-refractivity contribution >= 4 is 28.7 Å². The van der Waals surface area contributed by atoms with Gasteiger partial charge in [-0.05, 0) is 66.6 Å². The number of benzene rings is 3. The third-order valence-corrected chi connectivity index (χ3v) is 9.05. The molecule has 7 nitrogen and oxygen atoms in total. The molecule has 1 aliphatic rings. The maximum atomic E-state index is 13.7. The molecule has 0 spiro atoms. The van der Waals surface area contributed by atoms with E-state index in [-0.39, 0.29) is 12.1 Å². The Bertz CT molecular complexity index is 1570. The molecule has 45 heavy (non-hydrogen) atoms. The van der Waals surface area contributed by atoms with Crippen molar-refractivity contribution < 1.29 is 14.7 Å². The van der Waals surface area contributed by atoms with Gasteiger partial charge in [-0.15, -0.1) is 0 Å². The number of nitrogens with one attached hydrogen (secondary N) is 1. The van der Waals surface area contributed by atoms with Crippen molar-refractivity contribution in [2.75, 3.05) is 11.4 Å². The van der Waals surface area contributed by atoms with Crippen LogP contribution in [0.25, 0.3) is 22.2 Å². The van der Waals surface area contributed by atoms with Crippen LogP contribution in [0, 0.1) is 0 Å². The Kier molecular flexibility index (Phi) is 11.3. The molecule has 1 saturated carbocycles. The van der Waals surface area contributed by atoms with Gasteiger partial charge < -0.3 is 15.0 Å². The summed E-state index contributed by atoms with van der Waals surface area (Å²) in [5.74, 6) is 0.119. The Balaban J connectivity index is 1.45. The van der Waals surface area contributed by atoms with E-state index in [0.29, 0.717) is 24.2 Å². The normalized spacial score (nSPS) is 13.6. The van der Waals surface area contributed by atoms with Crippen molar-refractivity contribution in [3.8, 4) is 11.1 Å². The summed E-state index contributed by atoms with van der Waals surface area (Å²) < 4.78 is 2.29. The van der Waals surface area contributed by atoms with Crippen LogP contribution in [-0.4, -0.2) is 39.2 Å². The fraction of sp³-hybridized carbons (Fsp3) is 0.447. The number of aromatic nitrogens is 2. The Morgan fingerprint density at radius 2 is 1.67 bits per heavy atom. The van der Waals surface area contributed by atoms with Crippen LogP contribution >= 0.6 is 0 Å². The molecule has 1 heterocycles. The van der Waals surface area contributed by atoms with Gasteiger partial charge in [-0.25, -0.2) is 14.6 Å². The van der Waals surface area contributed by atoms with Crippen LogP contribution < -0.4 is 10.2 Å². The van der Waals surface area contributed by atoms with Crippen LogP contribution in [0.3, 0.4) is 0 Å². The Labute approximate surface area is 267 Å². The van der Waals surface area contributed by atoms with Gasteiger partial charge in [0.15, 0.2) is 0 Å². The molecule has 238 valence electrons. The maximum absolute atomic E-state index is 13.7. The first-order valence-corrected chi connectivity index (χ1v) is 17.0. The highest BCUT2D eigenvalue weighted by molar-refractivity contribution is 5.96. The SMILES string of the molecule is CCCCCCN(C(=O)NC1CCCCC1)c1ccc2nc(CCCC)n(Cc3ccc(-c4ccccc4C(=O)O)cc3)c2c1.